The van der Waals surface area contributed by atoms with Crippen LogP contribution in [0.15, 0.2) is 36.4 Å². The van der Waals surface area contributed by atoms with Gasteiger partial charge in [0.2, 0.25) is 17.7 Å². The summed E-state index contributed by atoms with van der Waals surface area (Å²) in [6.07, 6.45) is 1.05. The zero-order valence-corrected chi connectivity index (χ0v) is 13.6. The van der Waals surface area contributed by atoms with Gasteiger partial charge in [0.15, 0.2) is 0 Å². The molecule has 0 aliphatic carbocycles. The van der Waals surface area contributed by atoms with Crippen LogP contribution in [0.5, 0.6) is 11.8 Å². The fourth-order valence-electron chi connectivity index (χ4n) is 2.76. The average Bonchev–Trinajstić information content (AvgIpc) is 2.88. The van der Waals surface area contributed by atoms with E-state index in [0.717, 1.165) is 32.6 Å². The first kappa shape index (κ1) is 15.4. The van der Waals surface area contributed by atoms with Crippen molar-refractivity contribution in [2.24, 2.45) is 0 Å². The SMILES string of the molecule is COc1cc(OC)nc(N2CCCN(c3ccccc3)CC2)n1. The van der Waals surface area contributed by atoms with Gasteiger partial charge >= 0.3 is 0 Å². The molecule has 0 atom stereocenters. The second-order valence-corrected chi connectivity index (χ2v) is 5.42. The molecule has 0 spiro atoms. The number of methoxy groups -OCH3 is 2. The normalized spacial score (nSPS) is 15.2. The van der Waals surface area contributed by atoms with Crippen LogP contribution >= 0.6 is 0 Å². The van der Waals surface area contributed by atoms with Gasteiger partial charge in [-0.2, -0.15) is 9.97 Å². The molecule has 0 amide bonds. The van der Waals surface area contributed by atoms with Gasteiger partial charge in [-0.3, -0.25) is 0 Å². The summed E-state index contributed by atoms with van der Waals surface area (Å²) in [6.45, 7) is 3.75. The number of hydrogen-bond donors (Lipinski definition) is 0. The van der Waals surface area contributed by atoms with E-state index in [1.807, 2.05) is 6.07 Å². The van der Waals surface area contributed by atoms with Crippen molar-refractivity contribution < 1.29 is 9.47 Å². The Labute approximate surface area is 136 Å². The predicted molar refractivity (Wildman–Crippen MR) is 90.6 cm³/mol. The quantitative estimate of drug-likeness (QED) is 0.862. The van der Waals surface area contributed by atoms with Crippen LogP contribution in [-0.4, -0.2) is 50.4 Å². The zero-order chi connectivity index (χ0) is 16.1. The van der Waals surface area contributed by atoms with Gasteiger partial charge in [-0.05, 0) is 18.6 Å². The number of para-hydroxylation sites is 1. The Hall–Kier alpha value is -2.50. The molecule has 2 heterocycles. The largest absolute Gasteiger partial charge is 0.481 e. The molecule has 6 heteroatoms. The first-order chi connectivity index (χ1) is 11.3. The van der Waals surface area contributed by atoms with Crippen molar-refractivity contribution in [2.45, 2.75) is 6.42 Å². The van der Waals surface area contributed by atoms with E-state index in [1.165, 1.54) is 5.69 Å². The summed E-state index contributed by atoms with van der Waals surface area (Å²) < 4.78 is 10.5. The molecule has 6 nitrogen and oxygen atoms in total. The van der Waals surface area contributed by atoms with E-state index in [4.69, 9.17) is 9.47 Å². The van der Waals surface area contributed by atoms with Crippen LogP contribution in [0.1, 0.15) is 6.42 Å². The highest BCUT2D eigenvalue weighted by Crippen LogP contribution is 2.22. The number of rotatable bonds is 4. The van der Waals surface area contributed by atoms with Crippen LogP contribution in [-0.2, 0) is 0 Å². The lowest BCUT2D eigenvalue weighted by Gasteiger charge is -2.23. The molecule has 23 heavy (non-hydrogen) atoms. The molecule has 122 valence electrons. The van der Waals surface area contributed by atoms with Gasteiger partial charge in [0.1, 0.15) is 0 Å². The smallest absolute Gasteiger partial charge is 0.232 e. The second kappa shape index (κ2) is 7.17. The summed E-state index contributed by atoms with van der Waals surface area (Å²) in [5.41, 5.74) is 1.26. The molecule has 2 aromatic rings. The zero-order valence-electron chi connectivity index (χ0n) is 13.6. The second-order valence-electron chi connectivity index (χ2n) is 5.42. The summed E-state index contributed by atoms with van der Waals surface area (Å²) >= 11 is 0. The van der Waals surface area contributed by atoms with Gasteiger partial charge in [-0.15, -0.1) is 0 Å². The molecule has 1 aliphatic heterocycles. The minimum Gasteiger partial charge on any atom is -0.481 e. The Morgan fingerprint density at radius 3 is 2.09 bits per heavy atom. The third kappa shape index (κ3) is 3.64. The van der Waals surface area contributed by atoms with Crippen LogP contribution in [0.25, 0.3) is 0 Å². The summed E-state index contributed by atoms with van der Waals surface area (Å²) in [4.78, 5) is 13.5. The molecule has 0 bridgehead atoms. The first-order valence-corrected chi connectivity index (χ1v) is 7.82. The third-order valence-corrected chi connectivity index (χ3v) is 3.99. The van der Waals surface area contributed by atoms with Crippen molar-refractivity contribution in [3.8, 4) is 11.8 Å². The van der Waals surface area contributed by atoms with Crippen molar-refractivity contribution >= 4 is 11.6 Å². The maximum Gasteiger partial charge on any atom is 0.232 e. The van der Waals surface area contributed by atoms with E-state index >= 15 is 0 Å². The Balaban J connectivity index is 1.75. The maximum absolute atomic E-state index is 5.24. The van der Waals surface area contributed by atoms with Gasteiger partial charge in [0.25, 0.3) is 0 Å². The van der Waals surface area contributed by atoms with Crippen LogP contribution in [0.3, 0.4) is 0 Å². The molecule has 3 rings (SSSR count). The van der Waals surface area contributed by atoms with Crippen molar-refractivity contribution in [3.63, 3.8) is 0 Å². The number of anilines is 2. The topological polar surface area (TPSA) is 50.7 Å². The third-order valence-electron chi connectivity index (χ3n) is 3.99. The van der Waals surface area contributed by atoms with Gasteiger partial charge in [0.05, 0.1) is 20.3 Å². The molecule has 0 N–H and O–H groups in total. The van der Waals surface area contributed by atoms with E-state index in [9.17, 15) is 0 Å². The fraction of sp³-hybridized carbons (Fsp3) is 0.412. The predicted octanol–water partition coefficient (Wildman–Crippen LogP) is 2.21. The Kier molecular flexibility index (Phi) is 4.80. The Morgan fingerprint density at radius 2 is 1.43 bits per heavy atom. The van der Waals surface area contributed by atoms with Crippen molar-refractivity contribution in [2.75, 3.05) is 50.2 Å². The molecule has 1 aliphatic rings. The van der Waals surface area contributed by atoms with Crippen LogP contribution < -0.4 is 19.3 Å². The number of hydrogen-bond acceptors (Lipinski definition) is 6. The maximum atomic E-state index is 5.24. The lowest BCUT2D eigenvalue weighted by molar-refractivity contribution is 0.371. The van der Waals surface area contributed by atoms with E-state index < -0.39 is 0 Å². The molecule has 1 aromatic heterocycles. The van der Waals surface area contributed by atoms with Gasteiger partial charge in [-0.1, -0.05) is 18.2 Å². The van der Waals surface area contributed by atoms with E-state index in [1.54, 1.807) is 20.3 Å². The Bertz CT molecular complexity index is 613. The number of nitrogens with zero attached hydrogens (tertiary/aromatic N) is 4. The van der Waals surface area contributed by atoms with E-state index in [2.05, 4.69) is 44.0 Å². The van der Waals surface area contributed by atoms with Gasteiger partial charge in [-0.25, -0.2) is 0 Å². The monoisotopic (exact) mass is 314 g/mol. The number of aromatic nitrogens is 2. The fourth-order valence-corrected chi connectivity index (χ4v) is 2.76. The molecular formula is C17H22N4O2. The average molecular weight is 314 g/mol. The minimum atomic E-state index is 0.524. The number of ether oxygens (including phenoxy) is 2. The summed E-state index contributed by atoms with van der Waals surface area (Å²) in [6, 6.07) is 12.2. The van der Waals surface area contributed by atoms with E-state index in [0.29, 0.717) is 17.7 Å². The van der Waals surface area contributed by atoms with Crippen LogP contribution in [0.4, 0.5) is 11.6 Å². The molecule has 0 unspecified atom stereocenters. The van der Waals surface area contributed by atoms with E-state index in [-0.39, 0.29) is 0 Å². The first-order valence-electron chi connectivity index (χ1n) is 7.82. The lowest BCUT2D eigenvalue weighted by Crippen LogP contribution is -2.31. The highest BCUT2D eigenvalue weighted by molar-refractivity contribution is 5.47. The molecular weight excluding hydrogens is 292 g/mol. The highest BCUT2D eigenvalue weighted by atomic mass is 16.5. The van der Waals surface area contributed by atoms with Crippen LogP contribution in [0, 0.1) is 0 Å². The van der Waals surface area contributed by atoms with Gasteiger partial charge in [0, 0.05) is 31.9 Å². The summed E-state index contributed by atoms with van der Waals surface area (Å²) in [5, 5.41) is 0. The number of benzene rings is 1. The molecule has 0 saturated carbocycles. The molecule has 1 saturated heterocycles. The molecule has 1 fully saturated rings. The summed E-state index contributed by atoms with van der Waals surface area (Å²) in [5.74, 6) is 1.71. The van der Waals surface area contributed by atoms with Crippen molar-refractivity contribution in [3.05, 3.63) is 36.4 Å². The summed E-state index contributed by atoms with van der Waals surface area (Å²) in [7, 11) is 3.20. The lowest BCUT2D eigenvalue weighted by atomic mass is 10.3. The van der Waals surface area contributed by atoms with Crippen molar-refractivity contribution in [1.82, 2.24) is 9.97 Å². The standard InChI is InChI=1S/C17H22N4O2/c1-22-15-13-16(23-2)19-17(18-15)21-10-6-9-20(11-12-21)14-7-4-3-5-8-14/h3-5,7-8,13H,6,9-12H2,1-2H3. The highest BCUT2D eigenvalue weighted by Gasteiger charge is 2.18. The van der Waals surface area contributed by atoms with Crippen LogP contribution in [0.2, 0.25) is 0 Å². The van der Waals surface area contributed by atoms with Crippen molar-refractivity contribution in [1.29, 1.82) is 0 Å². The minimum absolute atomic E-state index is 0.524. The van der Waals surface area contributed by atoms with Gasteiger partial charge < -0.3 is 19.3 Å². The molecule has 1 aromatic carbocycles. The molecule has 0 radical (unpaired) electrons. The Morgan fingerprint density at radius 1 is 0.826 bits per heavy atom.